The third-order valence-electron chi connectivity index (χ3n) is 5.07. The van der Waals surface area contributed by atoms with Gasteiger partial charge in [-0.05, 0) is 37.5 Å². The molecule has 2 atom stereocenters. The van der Waals surface area contributed by atoms with Gasteiger partial charge in [0.1, 0.15) is 6.10 Å². The Hall–Kier alpha value is -1.10. The van der Waals surface area contributed by atoms with E-state index in [0.717, 1.165) is 12.8 Å². The Kier molecular flexibility index (Phi) is 5.48. The topological polar surface area (TPSA) is 60.9 Å². The summed E-state index contributed by atoms with van der Waals surface area (Å²) in [5.74, 6) is 0.501. The summed E-state index contributed by atoms with van der Waals surface area (Å²) < 4.78 is 0. The van der Waals surface area contributed by atoms with Crippen molar-refractivity contribution in [3.05, 3.63) is 0 Å². The molecule has 0 spiro atoms. The molecule has 5 nitrogen and oxygen atoms in total. The first-order chi connectivity index (χ1) is 10.3. The lowest BCUT2D eigenvalue weighted by atomic mass is 9.71. The number of aliphatic hydroxyl groups is 1. The van der Waals surface area contributed by atoms with Gasteiger partial charge >= 0.3 is 0 Å². The Morgan fingerprint density at radius 2 is 1.77 bits per heavy atom. The second-order valence-electron chi connectivity index (χ2n) is 7.71. The molecule has 1 N–H and O–H groups in total. The zero-order valence-electron chi connectivity index (χ0n) is 14.2. The number of rotatable bonds is 3. The highest BCUT2D eigenvalue weighted by atomic mass is 16.3. The summed E-state index contributed by atoms with van der Waals surface area (Å²) in [5, 5.41) is 9.34. The Bertz CT molecular complexity index is 412. The molecule has 2 aliphatic rings. The minimum atomic E-state index is -0.952. The van der Waals surface area contributed by atoms with Gasteiger partial charge in [-0.1, -0.05) is 20.3 Å². The number of nitrogens with zero attached hydrogens (tertiary/aromatic N) is 2. The number of piperazine rings is 1. The average Bonchev–Trinajstić information content (AvgIpc) is 2.45. The van der Waals surface area contributed by atoms with E-state index in [1.165, 1.54) is 19.8 Å². The van der Waals surface area contributed by atoms with Gasteiger partial charge in [0.05, 0.1) is 0 Å². The standard InChI is InChI=1S/C17H30N2O3/c1-13(20)16(22)19-9-7-18(8-10-19)15(21)11-14-5-4-6-17(2,3)12-14/h13-14,20H,4-12H2,1-3H3. The maximum atomic E-state index is 12.5. The Labute approximate surface area is 133 Å². The van der Waals surface area contributed by atoms with E-state index in [0.29, 0.717) is 43.9 Å². The molecule has 2 fully saturated rings. The van der Waals surface area contributed by atoms with Crippen molar-refractivity contribution in [1.29, 1.82) is 0 Å². The summed E-state index contributed by atoms with van der Waals surface area (Å²) in [6.45, 7) is 8.33. The molecular weight excluding hydrogens is 280 g/mol. The first-order valence-corrected chi connectivity index (χ1v) is 8.53. The fourth-order valence-electron chi connectivity index (χ4n) is 3.85. The summed E-state index contributed by atoms with van der Waals surface area (Å²) in [5.41, 5.74) is 0.367. The highest BCUT2D eigenvalue weighted by Crippen LogP contribution is 2.40. The van der Waals surface area contributed by atoms with Crippen molar-refractivity contribution in [2.24, 2.45) is 11.3 Å². The SMILES string of the molecule is CC(O)C(=O)N1CCN(C(=O)CC2CCCC(C)(C)C2)CC1. The molecule has 0 aromatic heterocycles. The van der Waals surface area contributed by atoms with Crippen molar-refractivity contribution in [2.45, 2.75) is 59.0 Å². The number of carbonyl (C=O) groups is 2. The maximum Gasteiger partial charge on any atom is 0.251 e. The normalized spacial score (nSPS) is 26.6. The second kappa shape index (κ2) is 6.99. The van der Waals surface area contributed by atoms with Crippen LogP contribution in [0.25, 0.3) is 0 Å². The first kappa shape index (κ1) is 17.3. The van der Waals surface area contributed by atoms with Crippen LogP contribution in [0.1, 0.15) is 52.9 Å². The van der Waals surface area contributed by atoms with Gasteiger partial charge in [0.2, 0.25) is 5.91 Å². The summed E-state index contributed by atoms with van der Waals surface area (Å²) in [6.07, 6.45) is 4.48. The molecule has 1 aliphatic carbocycles. The number of amides is 2. The van der Waals surface area contributed by atoms with Crippen molar-refractivity contribution in [3.8, 4) is 0 Å². The quantitative estimate of drug-likeness (QED) is 0.862. The monoisotopic (exact) mass is 310 g/mol. The number of hydrogen-bond donors (Lipinski definition) is 1. The number of aliphatic hydroxyl groups excluding tert-OH is 1. The fraction of sp³-hybridized carbons (Fsp3) is 0.882. The first-order valence-electron chi connectivity index (χ1n) is 8.53. The van der Waals surface area contributed by atoms with Gasteiger partial charge in [-0.2, -0.15) is 0 Å². The van der Waals surface area contributed by atoms with Gasteiger partial charge in [0, 0.05) is 32.6 Å². The van der Waals surface area contributed by atoms with Crippen LogP contribution in [-0.4, -0.2) is 59.0 Å². The molecule has 0 aromatic carbocycles. The second-order valence-corrected chi connectivity index (χ2v) is 7.71. The van der Waals surface area contributed by atoms with Crippen molar-refractivity contribution in [1.82, 2.24) is 9.80 Å². The predicted molar refractivity (Wildman–Crippen MR) is 85.2 cm³/mol. The molecule has 0 bridgehead atoms. The predicted octanol–water partition coefficient (Wildman–Crippen LogP) is 1.64. The van der Waals surface area contributed by atoms with Gasteiger partial charge in [-0.25, -0.2) is 0 Å². The highest BCUT2D eigenvalue weighted by molar-refractivity contribution is 5.81. The average molecular weight is 310 g/mol. The van der Waals surface area contributed by atoms with Gasteiger partial charge in [0.15, 0.2) is 0 Å². The van der Waals surface area contributed by atoms with Crippen molar-refractivity contribution < 1.29 is 14.7 Å². The van der Waals surface area contributed by atoms with E-state index in [1.54, 1.807) is 4.90 Å². The molecule has 2 unspecified atom stereocenters. The minimum Gasteiger partial charge on any atom is -0.384 e. The number of hydrogen-bond acceptors (Lipinski definition) is 3. The lowest BCUT2D eigenvalue weighted by Crippen LogP contribution is -2.52. The van der Waals surface area contributed by atoms with Gasteiger partial charge in [-0.15, -0.1) is 0 Å². The van der Waals surface area contributed by atoms with E-state index in [1.807, 2.05) is 4.90 Å². The Morgan fingerprint density at radius 1 is 1.18 bits per heavy atom. The molecule has 5 heteroatoms. The van der Waals surface area contributed by atoms with Crippen LogP contribution in [0.3, 0.4) is 0 Å². The minimum absolute atomic E-state index is 0.229. The summed E-state index contributed by atoms with van der Waals surface area (Å²) >= 11 is 0. The Balaban J connectivity index is 1.79. The van der Waals surface area contributed by atoms with Crippen LogP contribution in [0, 0.1) is 11.3 Å². The molecule has 1 saturated heterocycles. The lowest BCUT2D eigenvalue weighted by molar-refractivity contribution is -0.145. The highest BCUT2D eigenvalue weighted by Gasteiger charge is 2.31. The van der Waals surface area contributed by atoms with Crippen LogP contribution < -0.4 is 0 Å². The zero-order chi connectivity index (χ0) is 16.3. The van der Waals surface area contributed by atoms with Crippen LogP contribution >= 0.6 is 0 Å². The van der Waals surface area contributed by atoms with Crippen LogP contribution in [0.4, 0.5) is 0 Å². The van der Waals surface area contributed by atoms with Crippen LogP contribution in [0.15, 0.2) is 0 Å². The van der Waals surface area contributed by atoms with E-state index in [4.69, 9.17) is 0 Å². The molecule has 2 rings (SSSR count). The van der Waals surface area contributed by atoms with Gasteiger partial charge < -0.3 is 14.9 Å². The summed E-state index contributed by atoms with van der Waals surface area (Å²) in [6, 6.07) is 0. The van der Waals surface area contributed by atoms with Crippen molar-refractivity contribution >= 4 is 11.8 Å². The lowest BCUT2D eigenvalue weighted by Gasteiger charge is -2.38. The number of carbonyl (C=O) groups excluding carboxylic acids is 2. The third-order valence-corrected chi connectivity index (χ3v) is 5.07. The van der Waals surface area contributed by atoms with Crippen LogP contribution in [0.2, 0.25) is 0 Å². The molecule has 1 aliphatic heterocycles. The molecular formula is C17H30N2O3. The summed E-state index contributed by atoms with van der Waals surface area (Å²) in [7, 11) is 0. The van der Waals surface area contributed by atoms with Crippen LogP contribution in [-0.2, 0) is 9.59 Å². The molecule has 1 heterocycles. The molecule has 1 saturated carbocycles. The maximum absolute atomic E-state index is 12.5. The molecule has 0 aromatic rings. The third kappa shape index (κ3) is 4.45. The van der Waals surface area contributed by atoms with Crippen molar-refractivity contribution in [3.63, 3.8) is 0 Å². The van der Waals surface area contributed by atoms with E-state index >= 15 is 0 Å². The van der Waals surface area contributed by atoms with E-state index in [9.17, 15) is 14.7 Å². The van der Waals surface area contributed by atoms with Gasteiger partial charge in [0.25, 0.3) is 5.91 Å². The van der Waals surface area contributed by atoms with E-state index in [2.05, 4.69) is 13.8 Å². The summed E-state index contributed by atoms with van der Waals surface area (Å²) in [4.78, 5) is 27.7. The van der Waals surface area contributed by atoms with Crippen LogP contribution in [0.5, 0.6) is 0 Å². The largest absolute Gasteiger partial charge is 0.384 e. The molecule has 2 amide bonds. The molecule has 22 heavy (non-hydrogen) atoms. The molecule has 0 radical (unpaired) electrons. The van der Waals surface area contributed by atoms with Gasteiger partial charge in [-0.3, -0.25) is 9.59 Å². The fourth-order valence-corrected chi connectivity index (χ4v) is 3.85. The Morgan fingerprint density at radius 3 is 2.32 bits per heavy atom. The zero-order valence-corrected chi connectivity index (χ0v) is 14.2. The molecule has 126 valence electrons. The van der Waals surface area contributed by atoms with E-state index < -0.39 is 6.10 Å². The smallest absolute Gasteiger partial charge is 0.251 e. The van der Waals surface area contributed by atoms with E-state index in [-0.39, 0.29) is 11.8 Å². The van der Waals surface area contributed by atoms with Crippen molar-refractivity contribution in [2.75, 3.05) is 26.2 Å².